The summed E-state index contributed by atoms with van der Waals surface area (Å²) in [6, 6.07) is 8.68. The summed E-state index contributed by atoms with van der Waals surface area (Å²) < 4.78 is 33.0. The van der Waals surface area contributed by atoms with Gasteiger partial charge in [0.05, 0.1) is 11.7 Å². The lowest BCUT2D eigenvalue weighted by Gasteiger charge is -2.25. The van der Waals surface area contributed by atoms with E-state index in [0.717, 1.165) is 35.0 Å². The maximum atomic E-state index is 13.9. The second kappa shape index (κ2) is 8.10. The van der Waals surface area contributed by atoms with E-state index in [9.17, 15) is 23.8 Å². The predicted molar refractivity (Wildman–Crippen MR) is 113 cm³/mol. The Morgan fingerprint density at radius 1 is 1.22 bits per heavy atom. The third-order valence-corrected chi connectivity index (χ3v) is 6.89. The second-order valence-corrected chi connectivity index (χ2v) is 9.23. The Kier molecular flexibility index (Phi) is 5.39. The Balaban J connectivity index is 1.19. The number of hydrogen-bond donors (Lipinski definition) is 3. The number of nitrogens with one attached hydrogen (secondary N) is 1. The maximum absolute atomic E-state index is 13.9. The average Bonchev–Trinajstić information content (AvgIpc) is 3.20. The monoisotopic (exact) mass is 444 g/mol. The molecule has 4 atom stereocenters. The van der Waals surface area contributed by atoms with Crippen molar-refractivity contribution in [3.63, 3.8) is 0 Å². The minimum Gasteiger partial charge on any atom is -0.487 e. The van der Waals surface area contributed by atoms with Gasteiger partial charge in [0.2, 0.25) is 5.91 Å². The summed E-state index contributed by atoms with van der Waals surface area (Å²) in [5, 5.41) is 24.7. The van der Waals surface area contributed by atoms with E-state index in [1.807, 2.05) is 23.1 Å². The van der Waals surface area contributed by atoms with Crippen LogP contribution in [0.2, 0.25) is 0 Å². The van der Waals surface area contributed by atoms with Crippen molar-refractivity contribution in [2.45, 2.75) is 43.5 Å². The van der Waals surface area contributed by atoms with Gasteiger partial charge in [0, 0.05) is 50.1 Å². The Morgan fingerprint density at radius 2 is 2.06 bits per heavy atom. The number of carbonyl (C=O) groups is 1. The number of nitrogens with zero attached hydrogens (tertiary/aromatic N) is 1. The number of benzene rings is 2. The Hall–Kier alpha value is -2.55. The van der Waals surface area contributed by atoms with Crippen molar-refractivity contribution < 1.29 is 28.5 Å². The number of carbonyl (C=O) groups excluding carboxylic acids is 1. The van der Waals surface area contributed by atoms with Gasteiger partial charge in [0.25, 0.3) is 0 Å². The smallest absolute Gasteiger partial charge is 0.224 e. The van der Waals surface area contributed by atoms with Crippen LogP contribution in [0.4, 0.5) is 14.5 Å². The SMILES string of the molecule is O=C1CCc2cc([C@H](O)CN3C[C@H]4C[C@H](Oc5cc(F)ccc5F)C[C@@]4(O)C3)ccc2N1. The number of aliphatic hydroxyl groups is 2. The van der Waals surface area contributed by atoms with Crippen molar-refractivity contribution in [1.82, 2.24) is 4.90 Å². The third-order valence-electron chi connectivity index (χ3n) is 6.89. The van der Waals surface area contributed by atoms with E-state index < -0.39 is 23.3 Å². The summed E-state index contributed by atoms with van der Waals surface area (Å²) in [7, 11) is 0. The van der Waals surface area contributed by atoms with Crippen molar-refractivity contribution in [2.75, 3.05) is 25.0 Å². The lowest BCUT2D eigenvalue weighted by Crippen LogP contribution is -2.36. The van der Waals surface area contributed by atoms with Crippen LogP contribution in [-0.4, -0.2) is 52.4 Å². The van der Waals surface area contributed by atoms with Crippen LogP contribution in [0.5, 0.6) is 5.75 Å². The minimum absolute atomic E-state index is 0.00469. The lowest BCUT2D eigenvalue weighted by atomic mass is 9.95. The van der Waals surface area contributed by atoms with E-state index in [1.165, 1.54) is 0 Å². The first-order valence-electron chi connectivity index (χ1n) is 11.0. The molecule has 2 aromatic carbocycles. The van der Waals surface area contributed by atoms with Crippen LogP contribution in [0, 0.1) is 17.6 Å². The zero-order chi connectivity index (χ0) is 22.5. The lowest BCUT2D eigenvalue weighted by molar-refractivity contribution is -0.116. The van der Waals surface area contributed by atoms with Crippen LogP contribution in [0.3, 0.4) is 0 Å². The van der Waals surface area contributed by atoms with Gasteiger partial charge in [-0.15, -0.1) is 0 Å². The maximum Gasteiger partial charge on any atom is 0.224 e. The summed E-state index contributed by atoms with van der Waals surface area (Å²) in [5.41, 5.74) is 1.62. The van der Waals surface area contributed by atoms with Gasteiger partial charge in [-0.3, -0.25) is 9.69 Å². The summed E-state index contributed by atoms with van der Waals surface area (Å²) in [4.78, 5) is 13.6. The predicted octanol–water partition coefficient (Wildman–Crippen LogP) is 2.79. The zero-order valence-corrected chi connectivity index (χ0v) is 17.6. The molecule has 1 amide bonds. The Morgan fingerprint density at radius 3 is 2.88 bits per heavy atom. The summed E-state index contributed by atoms with van der Waals surface area (Å²) in [6.07, 6.45) is 0.866. The molecule has 3 aliphatic rings. The standard InChI is InChI=1S/C24H26F2N2O4/c25-17-3-4-19(26)22(9-17)32-18-8-16-11-28(13-24(16,31)10-18)12-21(29)15-1-5-20-14(7-15)2-6-23(30)27-20/h1,3-5,7,9,16,18,21,29,31H,2,6,8,10-13H2,(H,27,30)/t16-,18+,21-,24-/m1/s1. The first-order valence-corrected chi connectivity index (χ1v) is 11.0. The number of likely N-dealkylation sites (tertiary alicyclic amines) is 1. The Labute approximate surface area is 184 Å². The Bertz CT molecular complexity index is 1050. The number of β-amino-alcohol motifs (C(OH)–C–C–N with tert-alkyl or cyclic N) is 2. The first kappa shape index (κ1) is 21.3. The van der Waals surface area contributed by atoms with Crippen molar-refractivity contribution in [2.24, 2.45) is 5.92 Å². The van der Waals surface area contributed by atoms with Crippen molar-refractivity contribution >= 4 is 11.6 Å². The molecule has 0 aromatic heterocycles. The quantitative estimate of drug-likeness (QED) is 0.661. The number of ether oxygens (including phenoxy) is 1. The largest absolute Gasteiger partial charge is 0.487 e. The van der Waals surface area contributed by atoms with Crippen molar-refractivity contribution in [3.8, 4) is 5.75 Å². The molecule has 1 aliphatic carbocycles. The van der Waals surface area contributed by atoms with E-state index in [4.69, 9.17) is 4.74 Å². The van der Waals surface area contributed by atoms with Gasteiger partial charge in [-0.1, -0.05) is 12.1 Å². The summed E-state index contributed by atoms with van der Waals surface area (Å²) in [5.74, 6) is -1.37. The molecule has 3 N–H and O–H groups in total. The highest BCUT2D eigenvalue weighted by atomic mass is 19.1. The highest BCUT2D eigenvalue weighted by molar-refractivity contribution is 5.93. The molecule has 1 saturated carbocycles. The first-order chi connectivity index (χ1) is 15.3. The van der Waals surface area contributed by atoms with E-state index in [2.05, 4.69) is 5.32 Å². The van der Waals surface area contributed by atoms with Crippen LogP contribution in [0.15, 0.2) is 36.4 Å². The van der Waals surface area contributed by atoms with Gasteiger partial charge < -0.3 is 20.3 Å². The molecule has 0 radical (unpaired) electrons. The number of fused-ring (bicyclic) bond motifs is 2. The van der Waals surface area contributed by atoms with Crippen LogP contribution < -0.4 is 10.1 Å². The number of anilines is 1. The van der Waals surface area contributed by atoms with Crippen molar-refractivity contribution in [1.29, 1.82) is 0 Å². The molecule has 2 aliphatic heterocycles. The topological polar surface area (TPSA) is 82.0 Å². The van der Waals surface area contributed by atoms with Gasteiger partial charge >= 0.3 is 0 Å². The highest BCUT2D eigenvalue weighted by Gasteiger charge is 2.53. The van der Waals surface area contributed by atoms with Crippen LogP contribution in [0.1, 0.15) is 36.5 Å². The molecule has 1 saturated heterocycles. The number of aliphatic hydroxyl groups excluding tert-OH is 1. The van der Waals surface area contributed by atoms with Gasteiger partial charge in [0.15, 0.2) is 11.6 Å². The fourth-order valence-corrected chi connectivity index (χ4v) is 5.32. The van der Waals surface area contributed by atoms with Gasteiger partial charge in [-0.25, -0.2) is 8.78 Å². The molecular weight excluding hydrogens is 418 g/mol. The van der Waals surface area contributed by atoms with E-state index in [-0.39, 0.29) is 23.7 Å². The minimum atomic E-state index is -0.978. The fraction of sp³-hybridized carbons (Fsp3) is 0.458. The number of halogens is 2. The van der Waals surface area contributed by atoms with Crippen molar-refractivity contribution in [3.05, 3.63) is 59.2 Å². The molecule has 2 aromatic rings. The number of amides is 1. The number of rotatable bonds is 5. The molecular formula is C24H26F2N2O4. The molecule has 170 valence electrons. The zero-order valence-electron chi connectivity index (χ0n) is 17.6. The normalized spacial score (nSPS) is 28.2. The molecule has 8 heteroatoms. The summed E-state index contributed by atoms with van der Waals surface area (Å²) >= 11 is 0. The van der Waals surface area contributed by atoms with Crippen LogP contribution in [0.25, 0.3) is 0 Å². The van der Waals surface area contributed by atoms with Gasteiger partial charge in [-0.2, -0.15) is 0 Å². The number of aryl methyl sites for hydroxylation is 1. The second-order valence-electron chi connectivity index (χ2n) is 9.23. The molecule has 0 unspecified atom stereocenters. The highest BCUT2D eigenvalue weighted by Crippen LogP contribution is 2.43. The average molecular weight is 444 g/mol. The molecule has 6 nitrogen and oxygen atoms in total. The summed E-state index contributed by atoms with van der Waals surface area (Å²) in [6.45, 7) is 1.37. The van der Waals surface area contributed by atoms with Gasteiger partial charge in [-0.05, 0) is 42.2 Å². The number of hydrogen-bond acceptors (Lipinski definition) is 5. The third kappa shape index (κ3) is 4.10. The van der Waals surface area contributed by atoms with Crippen LogP contribution in [-0.2, 0) is 11.2 Å². The molecule has 2 fully saturated rings. The molecule has 5 rings (SSSR count). The fourth-order valence-electron chi connectivity index (χ4n) is 5.32. The molecule has 0 bridgehead atoms. The van der Waals surface area contributed by atoms with E-state index >= 15 is 0 Å². The molecule has 2 heterocycles. The van der Waals surface area contributed by atoms with E-state index in [0.29, 0.717) is 45.3 Å². The molecule has 0 spiro atoms. The van der Waals surface area contributed by atoms with E-state index in [1.54, 1.807) is 0 Å². The molecule has 32 heavy (non-hydrogen) atoms. The van der Waals surface area contributed by atoms with Crippen LogP contribution >= 0.6 is 0 Å². The van der Waals surface area contributed by atoms with Gasteiger partial charge in [0.1, 0.15) is 11.9 Å².